The van der Waals surface area contributed by atoms with Gasteiger partial charge in [0.1, 0.15) is 0 Å². The maximum Gasteiger partial charge on any atom is 0.0547 e. The maximum absolute atomic E-state index is 8.07. The Morgan fingerprint density at radius 1 is 0.750 bits per heavy atom. The van der Waals surface area contributed by atoms with Crippen LogP contribution in [-0.2, 0) is 0 Å². The van der Waals surface area contributed by atoms with Crippen LogP contribution in [0.15, 0.2) is 93.9 Å². The molecule has 0 radical (unpaired) electrons. The number of hydrogen-bond acceptors (Lipinski definition) is 0. The number of benzene rings is 4. The normalized spacial score (nSPS) is 13.4. The fraction of sp³-hybridized carbons (Fsp3) is 0.0400. The van der Waals surface area contributed by atoms with Crippen molar-refractivity contribution in [1.29, 1.82) is 0 Å². The number of aryl methyl sites for hydroxylation is 1. The lowest BCUT2D eigenvalue weighted by molar-refractivity contribution is 1.15. The molecule has 1 aromatic heterocycles. The summed E-state index contributed by atoms with van der Waals surface area (Å²) in [5.74, 6) is 0. The van der Waals surface area contributed by atoms with Gasteiger partial charge in [0.25, 0.3) is 0 Å². The zero-order valence-corrected chi connectivity index (χ0v) is 18.0. The Morgan fingerprint density at radius 2 is 1.46 bits per heavy atom. The van der Waals surface area contributed by atoms with Crippen LogP contribution in [-0.4, -0.2) is 4.57 Å². The first-order chi connectivity index (χ1) is 14.8. The zero-order valence-electron chi connectivity index (χ0n) is 17.8. The van der Waals surface area contributed by atoms with Crippen molar-refractivity contribution < 1.29 is 4.11 Å². The van der Waals surface area contributed by atoms with E-state index in [1.54, 1.807) is 12.1 Å². The van der Waals surface area contributed by atoms with Crippen LogP contribution in [0.2, 0.25) is 0 Å². The van der Waals surface area contributed by atoms with E-state index in [1.807, 2.05) is 42.5 Å². The van der Waals surface area contributed by atoms with E-state index in [1.165, 1.54) is 0 Å². The van der Waals surface area contributed by atoms with Crippen molar-refractivity contribution in [3.8, 4) is 16.8 Å². The molecule has 0 aliphatic heterocycles. The van der Waals surface area contributed by atoms with Crippen molar-refractivity contribution in [1.82, 2.24) is 4.57 Å². The van der Waals surface area contributed by atoms with E-state index in [0.717, 1.165) is 41.9 Å². The molecular formula is C25H17Br2N. The Bertz CT molecular complexity index is 1430. The molecular weight excluding hydrogens is 474 g/mol. The number of hydrogen-bond donors (Lipinski definition) is 0. The molecule has 28 heavy (non-hydrogen) atoms. The summed E-state index contributed by atoms with van der Waals surface area (Å²) in [4.78, 5) is 0. The highest BCUT2D eigenvalue weighted by Crippen LogP contribution is 2.40. The lowest BCUT2D eigenvalue weighted by Gasteiger charge is -2.11. The molecule has 5 aromatic rings. The summed E-state index contributed by atoms with van der Waals surface area (Å²) < 4.78 is 28.3. The lowest BCUT2D eigenvalue weighted by Crippen LogP contribution is -1.96. The fourth-order valence-electron chi connectivity index (χ4n) is 3.90. The van der Waals surface area contributed by atoms with Gasteiger partial charge < -0.3 is 4.57 Å². The second kappa shape index (κ2) is 6.91. The first-order valence-electron chi connectivity index (χ1n) is 10.4. The van der Waals surface area contributed by atoms with Crippen LogP contribution in [0.4, 0.5) is 0 Å². The summed E-state index contributed by atoms with van der Waals surface area (Å²) in [5, 5.41) is 2.19. The molecule has 0 N–H and O–H groups in total. The van der Waals surface area contributed by atoms with Crippen LogP contribution in [0.5, 0.6) is 0 Å². The second-order valence-corrected chi connectivity index (χ2v) is 8.56. The molecule has 0 atom stereocenters. The highest BCUT2D eigenvalue weighted by Gasteiger charge is 2.16. The van der Waals surface area contributed by atoms with Gasteiger partial charge in [-0.1, -0.05) is 80.4 Å². The van der Waals surface area contributed by atoms with Crippen molar-refractivity contribution in [3.05, 3.63) is 99.4 Å². The number of halogens is 2. The largest absolute Gasteiger partial charge is 0.309 e. The number of fused-ring (bicyclic) bond motifs is 3. The SMILES string of the molecule is [2H]C([2H])([2H])c1ccccc1-n1c2ccccc2c2c(-c3cc(Br)cc(Br)c3)cccc21. The number of nitrogens with zero attached hydrogens (tertiary/aromatic N) is 1. The van der Waals surface area contributed by atoms with Gasteiger partial charge in [0.05, 0.1) is 11.0 Å². The average Bonchev–Trinajstić information content (AvgIpc) is 3.07. The van der Waals surface area contributed by atoms with E-state index in [2.05, 4.69) is 66.8 Å². The van der Waals surface area contributed by atoms with Gasteiger partial charge in [-0.15, -0.1) is 0 Å². The van der Waals surface area contributed by atoms with Crippen LogP contribution in [0.3, 0.4) is 0 Å². The third-order valence-electron chi connectivity index (χ3n) is 5.02. The van der Waals surface area contributed by atoms with E-state index in [-0.39, 0.29) is 0 Å². The number of rotatable bonds is 2. The predicted octanol–water partition coefficient (Wildman–Crippen LogP) is 8.28. The van der Waals surface area contributed by atoms with E-state index in [0.29, 0.717) is 11.3 Å². The molecule has 1 nitrogen and oxygen atoms in total. The zero-order chi connectivity index (χ0) is 21.8. The lowest BCUT2D eigenvalue weighted by atomic mass is 9.99. The topological polar surface area (TPSA) is 4.93 Å². The van der Waals surface area contributed by atoms with E-state index >= 15 is 0 Å². The van der Waals surface area contributed by atoms with Gasteiger partial charge in [0.2, 0.25) is 0 Å². The molecule has 3 heteroatoms. The van der Waals surface area contributed by atoms with Crippen molar-refractivity contribution in [2.24, 2.45) is 0 Å². The Labute approximate surface area is 185 Å². The molecule has 136 valence electrons. The third kappa shape index (κ3) is 2.81. The van der Waals surface area contributed by atoms with Gasteiger partial charge in [-0.3, -0.25) is 0 Å². The molecule has 0 aliphatic rings. The second-order valence-electron chi connectivity index (χ2n) is 6.73. The Hall–Kier alpha value is -2.36. The van der Waals surface area contributed by atoms with Gasteiger partial charge in [-0.05, 0) is 59.9 Å². The molecule has 4 aromatic carbocycles. The van der Waals surface area contributed by atoms with Gasteiger partial charge in [0.15, 0.2) is 0 Å². The van der Waals surface area contributed by atoms with Crippen LogP contribution in [0.1, 0.15) is 9.68 Å². The number of aromatic nitrogens is 1. The quantitative estimate of drug-likeness (QED) is 0.233. The van der Waals surface area contributed by atoms with Crippen LogP contribution < -0.4 is 0 Å². The van der Waals surface area contributed by atoms with E-state index in [4.69, 9.17) is 4.11 Å². The molecule has 0 aliphatic carbocycles. The van der Waals surface area contributed by atoms with E-state index < -0.39 is 6.85 Å². The Morgan fingerprint density at radius 3 is 2.29 bits per heavy atom. The molecule has 0 spiro atoms. The minimum Gasteiger partial charge on any atom is -0.309 e. The highest BCUT2D eigenvalue weighted by atomic mass is 79.9. The third-order valence-corrected chi connectivity index (χ3v) is 5.93. The van der Waals surface area contributed by atoms with Crippen molar-refractivity contribution in [2.45, 2.75) is 6.85 Å². The smallest absolute Gasteiger partial charge is 0.0547 e. The Kier molecular flexibility index (Phi) is 3.61. The molecule has 0 unspecified atom stereocenters. The molecule has 0 saturated carbocycles. The van der Waals surface area contributed by atoms with Crippen molar-refractivity contribution >= 4 is 53.7 Å². The summed E-state index contributed by atoms with van der Waals surface area (Å²) >= 11 is 7.20. The minimum atomic E-state index is -2.21. The average molecular weight is 494 g/mol. The summed E-state index contributed by atoms with van der Waals surface area (Å²) in [7, 11) is 0. The first-order valence-corrected chi connectivity index (χ1v) is 10.5. The number of para-hydroxylation sites is 2. The van der Waals surface area contributed by atoms with Crippen molar-refractivity contribution in [2.75, 3.05) is 0 Å². The summed E-state index contributed by atoms with van der Waals surface area (Å²) in [5.41, 5.74) is 5.16. The standard InChI is InChI=1S/C25H17Br2N/c1-16-7-2-4-10-22(16)28-23-11-5-3-8-21(23)25-20(9-6-12-24(25)28)17-13-18(26)15-19(27)14-17/h2-15H,1H3/i1D3. The van der Waals surface area contributed by atoms with Gasteiger partial charge >= 0.3 is 0 Å². The van der Waals surface area contributed by atoms with E-state index in [9.17, 15) is 0 Å². The van der Waals surface area contributed by atoms with Gasteiger partial charge in [-0.25, -0.2) is 0 Å². The summed E-state index contributed by atoms with van der Waals surface area (Å²) in [6.07, 6.45) is 0. The van der Waals surface area contributed by atoms with Gasteiger partial charge in [0, 0.05) is 29.5 Å². The molecule has 0 fully saturated rings. The summed E-state index contributed by atoms with van der Waals surface area (Å²) in [6, 6.07) is 27.8. The minimum absolute atomic E-state index is 0.341. The first kappa shape index (κ1) is 14.6. The predicted molar refractivity (Wildman–Crippen MR) is 126 cm³/mol. The molecule has 0 saturated heterocycles. The fourth-order valence-corrected chi connectivity index (χ4v) is 5.19. The van der Waals surface area contributed by atoms with Crippen LogP contribution in [0, 0.1) is 6.85 Å². The highest BCUT2D eigenvalue weighted by molar-refractivity contribution is 9.11. The summed E-state index contributed by atoms with van der Waals surface area (Å²) in [6.45, 7) is -2.21. The van der Waals surface area contributed by atoms with Crippen molar-refractivity contribution in [3.63, 3.8) is 0 Å². The molecule has 1 heterocycles. The van der Waals surface area contributed by atoms with Gasteiger partial charge in [-0.2, -0.15) is 0 Å². The van der Waals surface area contributed by atoms with Crippen LogP contribution >= 0.6 is 31.9 Å². The molecule has 0 bridgehead atoms. The molecule has 0 amide bonds. The Balaban J connectivity index is 1.93. The maximum atomic E-state index is 8.07. The monoisotopic (exact) mass is 492 g/mol. The van der Waals surface area contributed by atoms with Crippen LogP contribution in [0.25, 0.3) is 38.6 Å². The molecule has 5 rings (SSSR count).